The zero-order valence-electron chi connectivity index (χ0n) is 11.9. The number of aromatic nitrogens is 2. The molecule has 0 aliphatic heterocycles. The summed E-state index contributed by atoms with van der Waals surface area (Å²) in [5.74, 6) is -0.820. The van der Waals surface area contributed by atoms with Crippen LogP contribution < -0.4 is 5.32 Å². The van der Waals surface area contributed by atoms with E-state index in [2.05, 4.69) is 24.1 Å². The minimum atomic E-state index is -0.820. The van der Waals surface area contributed by atoms with Gasteiger partial charge in [-0.1, -0.05) is 19.9 Å². The van der Waals surface area contributed by atoms with Crippen LogP contribution in [0.25, 0.3) is 0 Å². The fourth-order valence-corrected chi connectivity index (χ4v) is 1.90. The maximum absolute atomic E-state index is 13.5. The number of rotatable bonds is 6. The van der Waals surface area contributed by atoms with Crippen molar-refractivity contribution in [3.63, 3.8) is 0 Å². The number of hydrogen-bond acceptors (Lipinski definition) is 4. The molecule has 1 aromatic heterocycles. The van der Waals surface area contributed by atoms with Crippen LogP contribution in [0, 0.1) is 15.9 Å². The van der Waals surface area contributed by atoms with Crippen molar-refractivity contribution >= 4 is 5.69 Å². The summed E-state index contributed by atoms with van der Waals surface area (Å²) in [5.41, 5.74) is 1.04. The van der Waals surface area contributed by atoms with Crippen molar-refractivity contribution in [3.05, 3.63) is 57.9 Å². The van der Waals surface area contributed by atoms with Crippen molar-refractivity contribution < 1.29 is 9.31 Å². The van der Waals surface area contributed by atoms with Gasteiger partial charge in [-0.3, -0.25) is 10.1 Å². The largest absolute Gasteiger partial charge is 0.333 e. The minimum Gasteiger partial charge on any atom is -0.333 e. The van der Waals surface area contributed by atoms with E-state index in [4.69, 9.17) is 0 Å². The summed E-state index contributed by atoms with van der Waals surface area (Å²) in [6, 6.07) is 4.29. The van der Waals surface area contributed by atoms with Gasteiger partial charge in [0.1, 0.15) is 0 Å². The topological polar surface area (TPSA) is 73.0 Å². The Morgan fingerprint density at radius 3 is 2.86 bits per heavy atom. The van der Waals surface area contributed by atoms with Gasteiger partial charge in [0.15, 0.2) is 0 Å². The molecule has 7 heteroatoms. The van der Waals surface area contributed by atoms with Crippen molar-refractivity contribution in [1.82, 2.24) is 14.9 Å². The Bertz CT molecular complexity index is 640. The third-order valence-electron chi connectivity index (χ3n) is 2.95. The number of halogens is 1. The van der Waals surface area contributed by atoms with E-state index in [0.717, 1.165) is 5.69 Å². The van der Waals surface area contributed by atoms with E-state index >= 15 is 0 Å². The van der Waals surface area contributed by atoms with Gasteiger partial charge in [0.25, 0.3) is 0 Å². The predicted molar refractivity (Wildman–Crippen MR) is 76.4 cm³/mol. The highest BCUT2D eigenvalue weighted by atomic mass is 19.1. The average molecular weight is 292 g/mol. The van der Waals surface area contributed by atoms with Gasteiger partial charge >= 0.3 is 5.69 Å². The second-order valence-corrected chi connectivity index (χ2v) is 5.12. The zero-order valence-corrected chi connectivity index (χ0v) is 11.9. The SMILES string of the molecule is CC(C)NCc1cn(Cc2ccc([N+](=O)[O-])c(F)c2)cn1. The average Bonchev–Trinajstić information content (AvgIpc) is 2.83. The summed E-state index contributed by atoms with van der Waals surface area (Å²) in [7, 11) is 0. The molecule has 21 heavy (non-hydrogen) atoms. The third-order valence-corrected chi connectivity index (χ3v) is 2.95. The van der Waals surface area contributed by atoms with Crippen molar-refractivity contribution in [2.75, 3.05) is 0 Å². The monoisotopic (exact) mass is 292 g/mol. The highest BCUT2D eigenvalue weighted by Crippen LogP contribution is 2.18. The number of hydrogen-bond donors (Lipinski definition) is 1. The Morgan fingerprint density at radius 2 is 2.24 bits per heavy atom. The molecular weight excluding hydrogens is 275 g/mol. The molecular formula is C14H17FN4O2. The number of nitrogens with one attached hydrogen (secondary N) is 1. The molecule has 0 atom stereocenters. The summed E-state index contributed by atoms with van der Waals surface area (Å²) in [6.07, 6.45) is 3.53. The first-order chi connectivity index (χ1) is 9.95. The van der Waals surface area contributed by atoms with Crippen LogP contribution in [0.3, 0.4) is 0 Å². The predicted octanol–water partition coefficient (Wildman–Crippen LogP) is 2.48. The summed E-state index contributed by atoms with van der Waals surface area (Å²) < 4.78 is 15.4. The molecule has 0 saturated heterocycles. The van der Waals surface area contributed by atoms with E-state index < -0.39 is 16.4 Å². The quantitative estimate of drug-likeness (QED) is 0.655. The summed E-state index contributed by atoms with van der Waals surface area (Å²) in [4.78, 5) is 14.1. The van der Waals surface area contributed by atoms with E-state index in [-0.39, 0.29) is 0 Å². The lowest BCUT2D eigenvalue weighted by Crippen LogP contribution is -2.21. The first kappa shape index (κ1) is 15.1. The van der Waals surface area contributed by atoms with Gasteiger partial charge in [0.2, 0.25) is 5.82 Å². The first-order valence-electron chi connectivity index (χ1n) is 6.62. The van der Waals surface area contributed by atoms with Gasteiger partial charge in [-0.05, 0) is 11.6 Å². The Morgan fingerprint density at radius 1 is 1.48 bits per heavy atom. The fraction of sp³-hybridized carbons (Fsp3) is 0.357. The smallest absolute Gasteiger partial charge is 0.304 e. The maximum atomic E-state index is 13.5. The standard InChI is InChI=1S/C14H17FN4O2/c1-10(2)16-6-12-8-18(9-17-12)7-11-3-4-14(19(20)21)13(15)5-11/h3-5,8-10,16H,6-7H2,1-2H3. The second-order valence-electron chi connectivity index (χ2n) is 5.12. The number of nitro benzene ring substituents is 1. The molecule has 0 spiro atoms. The van der Waals surface area contributed by atoms with Crippen LogP contribution in [-0.2, 0) is 13.1 Å². The molecule has 0 bridgehead atoms. The molecule has 6 nitrogen and oxygen atoms in total. The van der Waals surface area contributed by atoms with Crippen LogP contribution in [0.15, 0.2) is 30.7 Å². The van der Waals surface area contributed by atoms with Gasteiger partial charge in [-0.2, -0.15) is 4.39 Å². The molecule has 1 heterocycles. The van der Waals surface area contributed by atoms with Gasteiger partial charge in [-0.15, -0.1) is 0 Å². The van der Waals surface area contributed by atoms with E-state index in [0.29, 0.717) is 24.7 Å². The van der Waals surface area contributed by atoms with Crippen LogP contribution >= 0.6 is 0 Å². The highest BCUT2D eigenvalue weighted by Gasteiger charge is 2.13. The Balaban J connectivity index is 2.05. The third kappa shape index (κ3) is 4.09. The normalized spacial score (nSPS) is 11.0. The molecule has 0 radical (unpaired) electrons. The van der Waals surface area contributed by atoms with Crippen molar-refractivity contribution in [3.8, 4) is 0 Å². The zero-order chi connectivity index (χ0) is 15.4. The number of nitrogens with zero attached hydrogens (tertiary/aromatic N) is 3. The van der Waals surface area contributed by atoms with Crippen LogP contribution in [0.5, 0.6) is 0 Å². The van der Waals surface area contributed by atoms with E-state index in [1.54, 1.807) is 12.4 Å². The van der Waals surface area contributed by atoms with Gasteiger partial charge in [0.05, 0.1) is 16.9 Å². The Kier molecular flexibility index (Phi) is 4.64. The second kappa shape index (κ2) is 6.45. The molecule has 0 saturated carbocycles. The molecule has 0 fully saturated rings. The number of nitro groups is 1. The molecule has 112 valence electrons. The van der Waals surface area contributed by atoms with Crippen LogP contribution in [-0.4, -0.2) is 20.5 Å². The lowest BCUT2D eigenvalue weighted by Gasteiger charge is -2.05. The minimum absolute atomic E-state index is 0.374. The molecule has 0 aliphatic carbocycles. The lowest BCUT2D eigenvalue weighted by atomic mass is 10.2. The Labute approximate surface area is 121 Å². The summed E-state index contributed by atoms with van der Waals surface area (Å²) in [5, 5.41) is 13.8. The van der Waals surface area contributed by atoms with Gasteiger partial charge in [0, 0.05) is 31.4 Å². The van der Waals surface area contributed by atoms with Gasteiger partial charge in [-0.25, -0.2) is 4.98 Å². The molecule has 0 amide bonds. The summed E-state index contributed by atoms with van der Waals surface area (Å²) >= 11 is 0. The fourth-order valence-electron chi connectivity index (χ4n) is 1.90. The van der Waals surface area contributed by atoms with Crippen LogP contribution in [0.1, 0.15) is 25.1 Å². The number of benzene rings is 1. The first-order valence-corrected chi connectivity index (χ1v) is 6.62. The maximum Gasteiger partial charge on any atom is 0.304 e. The van der Waals surface area contributed by atoms with E-state index in [9.17, 15) is 14.5 Å². The van der Waals surface area contributed by atoms with Gasteiger partial charge < -0.3 is 9.88 Å². The number of imidazole rings is 1. The summed E-state index contributed by atoms with van der Waals surface area (Å²) in [6.45, 7) is 5.19. The lowest BCUT2D eigenvalue weighted by molar-refractivity contribution is -0.387. The molecule has 0 aliphatic rings. The molecule has 2 rings (SSSR count). The Hall–Kier alpha value is -2.28. The molecule has 0 unspecified atom stereocenters. The van der Waals surface area contributed by atoms with Crippen LogP contribution in [0.4, 0.5) is 10.1 Å². The van der Waals surface area contributed by atoms with E-state index in [1.807, 2.05) is 10.8 Å². The molecule has 2 aromatic rings. The molecule has 1 N–H and O–H groups in total. The highest BCUT2D eigenvalue weighted by molar-refractivity contribution is 5.35. The van der Waals surface area contributed by atoms with Crippen molar-refractivity contribution in [1.29, 1.82) is 0 Å². The van der Waals surface area contributed by atoms with Crippen molar-refractivity contribution in [2.45, 2.75) is 33.0 Å². The molecule has 1 aromatic carbocycles. The van der Waals surface area contributed by atoms with Crippen molar-refractivity contribution in [2.24, 2.45) is 0 Å². The van der Waals surface area contributed by atoms with E-state index in [1.165, 1.54) is 12.1 Å². The van der Waals surface area contributed by atoms with Crippen LogP contribution in [0.2, 0.25) is 0 Å².